The van der Waals surface area contributed by atoms with Gasteiger partial charge >= 0.3 is 0 Å². The Morgan fingerprint density at radius 1 is 1.47 bits per heavy atom. The molecule has 2 aromatic heterocycles. The first-order valence-electron chi connectivity index (χ1n) is 6.32. The van der Waals surface area contributed by atoms with E-state index in [1.807, 2.05) is 16.1 Å². The minimum Gasteiger partial charge on any atom is -0.289 e. The van der Waals surface area contributed by atoms with E-state index in [1.54, 1.807) is 0 Å². The summed E-state index contributed by atoms with van der Waals surface area (Å²) in [4.78, 5) is 12.3. The molecule has 3 N–H and O–H groups in total. The van der Waals surface area contributed by atoms with Crippen LogP contribution in [0, 0.1) is 0 Å². The Hall–Kier alpha value is -1.66. The summed E-state index contributed by atoms with van der Waals surface area (Å²) < 4.78 is 1.97. The summed E-state index contributed by atoms with van der Waals surface area (Å²) in [5.41, 5.74) is 5.40. The van der Waals surface area contributed by atoms with Crippen molar-refractivity contribution >= 4 is 17.2 Å². The second-order valence-corrected chi connectivity index (χ2v) is 5.16. The lowest BCUT2D eigenvalue weighted by atomic mass is 10.2. The van der Waals surface area contributed by atoms with E-state index in [4.69, 9.17) is 5.84 Å². The van der Waals surface area contributed by atoms with Gasteiger partial charge in [0.1, 0.15) is 0 Å². The number of carbonyl (C=O) groups excluding carboxylic acids is 1. The van der Waals surface area contributed by atoms with E-state index in [9.17, 15) is 4.79 Å². The summed E-state index contributed by atoms with van der Waals surface area (Å²) >= 11 is 1.39. The summed E-state index contributed by atoms with van der Waals surface area (Å²) in [5, 5.41) is 6.46. The van der Waals surface area contributed by atoms with Gasteiger partial charge < -0.3 is 0 Å². The van der Waals surface area contributed by atoms with Crippen molar-refractivity contribution in [3.05, 3.63) is 39.3 Å². The smallest absolute Gasteiger partial charge is 0.275 e. The summed E-state index contributed by atoms with van der Waals surface area (Å²) in [7, 11) is 0. The number of aryl methyl sites for hydroxylation is 2. The zero-order valence-electron chi connectivity index (χ0n) is 11.1. The largest absolute Gasteiger partial charge is 0.289 e. The molecular weight excluding hydrogens is 260 g/mol. The van der Waals surface area contributed by atoms with Gasteiger partial charge in [-0.3, -0.25) is 14.9 Å². The molecule has 0 aliphatic carbocycles. The number of hydrazine groups is 1. The Morgan fingerprint density at radius 2 is 2.26 bits per heavy atom. The van der Waals surface area contributed by atoms with Crippen LogP contribution in [0.15, 0.2) is 17.5 Å². The molecule has 2 rings (SSSR count). The van der Waals surface area contributed by atoms with Crippen LogP contribution >= 0.6 is 11.3 Å². The molecule has 0 saturated carbocycles. The number of hydrogen-bond acceptors (Lipinski definition) is 4. The fraction of sp³-hybridized carbons (Fsp3) is 0.385. The van der Waals surface area contributed by atoms with Crippen molar-refractivity contribution < 1.29 is 4.79 Å². The Labute approximate surface area is 116 Å². The summed E-state index contributed by atoms with van der Waals surface area (Å²) in [6.45, 7) is 4.80. The third-order valence-electron chi connectivity index (χ3n) is 3.04. The number of nitrogen functional groups attached to an aromatic ring is 1. The second-order valence-electron chi connectivity index (χ2n) is 4.24. The van der Waals surface area contributed by atoms with E-state index in [0.29, 0.717) is 11.4 Å². The number of amides is 1. The zero-order chi connectivity index (χ0) is 13.8. The molecule has 0 aliphatic heterocycles. The van der Waals surface area contributed by atoms with Crippen LogP contribution in [0.2, 0.25) is 0 Å². The van der Waals surface area contributed by atoms with Gasteiger partial charge in [-0.2, -0.15) is 5.10 Å². The molecule has 0 aromatic carbocycles. The van der Waals surface area contributed by atoms with Gasteiger partial charge in [-0.1, -0.05) is 13.8 Å². The number of thiophene rings is 1. The highest BCUT2D eigenvalue weighted by Crippen LogP contribution is 2.19. The highest BCUT2D eigenvalue weighted by molar-refractivity contribution is 7.12. The van der Waals surface area contributed by atoms with Gasteiger partial charge in [-0.05, 0) is 35.9 Å². The lowest BCUT2D eigenvalue weighted by Gasteiger charge is -2.06. The van der Waals surface area contributed by atoms with E-state index >= 15 is 0 Å². The maximum Gasteiger partial charge on any atom is 0.275 e. The number of nitrogens with two attached hydrogens (primary N) is 1. The highest BCUT2D eigenvalue weighted by Gasteiger charge is 2.14. The molecule has 0 bridgehead atoms. The first-order valence-corrected chi connectivity index (χ1v) is 7.20. The molecule has 6 heteroatoms. The van der Waals surface area contributed by atoms with Crippen LogP contribution in [0.3, 0.4) is 0 Å². The number of nitrogens with zero attached hydrogens (tertiary/aromatic N) is 2. The molecule has 0 radical (unpaired) electrons. The van der Waals surface area contributed by atoms with E-state index in [0.717, 1.165) is 24.1 Å². The molecule has 0 aliphatic rings. The van der Waals surface area contributed by atoms with E-state index in [2.05, 4.69) is 30.4 Å². The third-order valence-corrected chi connectivity index (χ3v) is 4.00. The summed E-state index contributed by atoms with van der Waals surface area (Å²) in [6, 6.07) is 4.07. The number of nitrogens with one attached hydrogen (secondary N) is 1. The Morgan fingerprint density at radius 3 is 2.89 bits per heavy atom. The molecule has 102 valence electrons. The fourth-order valence-electron chi connectivity index (χ4n) is 2.00. The van der Waals surface area contributed by atoms with Crippen molar-refractivity contribution in [2.24, 2.45) is 5.84 Å². The standard InChI is InChI=1S/C13H18N4OS/c1-3-10-7-11(4-2)17(16-10)8-9-5-6-19-12(9)13(18)15-14/h5-7H,3-4,8,14H2,1-2H3,(H,15,18). The molecule has 2 aromatic rings. The number of carbonyl (C=O) groups is 1. The molecular formula is C13H18N4OS. The van der Waals surface area contributed by atoms with Crippen molar-refractivity contribution in [3.8, 4) is 0 Å². The molecule has 5 nitrogen and oxygen atoms in total. The maximum atomic E-state index is 11.6. The topological polar surface area (TPSA) is 72.9 Å². The highest BCUT2D eigenvalue weighted by atomic mass is 32.1. The zero-order valence-corrected chi connectivity index (χ0v) is 12.0. The van der Waals surface area contributed by atoms with Crippen LogP contribution in [-0.2, 0) is 19.4 Å². The first-order chi connectivity index (χ1) is 9.19. The van der Waals surface area contributed by atoms with Crippen LogP contribution in [0.25, 0.3) is 0 Å². The van der Waals surface area contributed by atoms with Crippen LogP contribution in [-0.4, -0.2) is 15.7 Å². The van der Waals surface area contributed by atoms with Gasteiger partial charge in [-0.15, -0.1) is 11.3 Å². The van der Waals surface area contributed by atoms with Crippen molar-refractivity contribution in [1.29, 1.82) is 0 Å². The molecule has 19 heavy (non-hydrogen) atoms. The lowest BCUT2D eigenvalue weighted by Crippen LogP contribution is -2.30. The van der Waals surface area contributed by atoms with E-state index < -0.39 is 0 Å². The third kappa shape index (κ3) is 2.85. The minimum absolute atomic E-state index is 0.245. The average molecular weight is 278 g/mol. The minimum atomic E-state index is -0.245. The van der Waals surface area contributed by atoms with Gasteiger partial charge in [0.05, 0.1) is 17.1 Å². The summed E-state index contributed by atoms with van der Waals surface area (Å²) in [5.74, 6) is 4.95. The molecule has 0 saturated heterocycles. The second kappa shape index (κ2) is 5.99. The van der Waals surface area contributed by atoms with Gasteiger partial charge in [0.25, 0.3) is 5.91 Å². The summed E-state index contributed by atoms with van der Waals surface area (Å²) in [6.07, 6.45) is 1.84. The lowest BCUT2D eigenvalue weighted by molar-refractivity contribution is 0.0956. The number of aromatic nitrogens is 2. The maximum absolute atomic E-state index is 11.6. The fourth-order valence-corrected chi connectivity index (χ4v) is 2.81. The van der Waals surface area contributed by atoms with Crippen molar-refractivity contribution in [3.63, 3.8) is 0 Å². The van der Waals surface area contributed by atoms with E-state index in [-0.39, 0.29) is 5.91 Å². The van der Waals surface area contributed by atoms with Gasteiger partial charge in [0.2, 0.25) is 0 Å². The van der Waals surface area contributed by atoms with Gasteiger partial charge in [-0.25, -0.2) is 5.84 Å². The molecule has 0 fully saturated rings. The van der Waals surface area contributed by atoms with Crippen molar-refractivity contribution in [1.82, 2.24) is 15.2 Å². The monoisotopic (exact) mass is 278 g/mol. The SMILES string of the molecule is CCc1cc(CC)n(Cc2ccsc2C(=O)NN)n1. The van der Waals surface area contributed by atoms with Crippen LogP contribution < -0.4 is 11.3 Å². The quantitative estimate of drug-likeness (QED) is 0.497. The normalized spacial score (nSPS) is 10.7. The van der Waals surface area contributed by atoms with Gasteiger partial charge in [0.15, 0.2) is 0 Å². The first kappa shape index (κ1) is 13.8. The Balaban J connectivity index is 2.28. The van der Waals surface area contributed by atoms with Crippen molar-refractivity contribution in [2.75, 3.05) is 0 Å². The van der Waals surface area contributed by atoms with E-state index in [1.165, 1.54) is 17.0 Å². The van der Waals surface area contributed by atoms with Crippen LogP contribution in [0.4, 0.5) is 0 Å². The Bertz CT molecular complexity index is 573. The Kier molecular flexibility index (Phi) is 4.34. The predicted molar refractivity (Wildman–Crippen MR) is 76.1 cm³/mol. The molecule has 0 spiro atoms. The molecule has 0 atom stereocenters. The molecule has 1 amide bonds. The van der Waals surface area contributed by atoms with Crippen molar-refractivity contribution in [2.45, 2.75) is 33.2 Å². The number of rotatable bonds is 5. The van der Waals surface area contributed by atoms with Crippen LogP contribution in [0.5, 0.6) is 0 Å². The average Bonchev–Trinajstić information content (AvgIpc) is 3.04. The molecule has 0 unspecified atom stereocenters. The van der Waals surface area contributed by atoms with Gasteiger partial charge in [0, 0.05) is 5.69 Å². The molecule has 2 heterocycles. The van der Waals surface area contributed by atoms with Crippen LogP contribution in [0.1, 0.15) is 40.5 Å². The predicted octanol–water partition coefficient (Wildman–Crippen LogP) is 1.72. The number of hydrogen-bond donors (Lipinski definition) is 2.